The molecule has 0 spiro atoms. The van der Waals surface area contributed by atoms with E-state index in [0.717, 1.165) is 5.56 Å². The van der Waals surface area contributed by atoms with Crippen molar-refractivity contribution in [3.63, 3.8) is 0 Å². The van der Waals surface area contributed by atoms with Crippen molar-refractivity contribution in [2.45, 2.75) is 32.2 Å². The molecular weight excluding hydrogens is 330 g/mol. The number of benzene rings is 2. The van der Waals surface area contributed by atoms with E-state index in [9.17, 15) is 19.5 Å². The zero-order valence-electron chi connectivity index (χ0n) is 14.6. The number of amides is 1. The molecule has 5 heteroatoms. The molecule has 134 valence electrons. The number of Topliss-reactive ketones (excluding diaryl/α,β-unsaturated/α-hetero) is 1. The number of aliphatic carboxylic acids is 1. The zero-order valence-corrected chi connectivity index (χ0v) is 14.6. The highest BCUT2D eigenvalue weighted by Gasteiger charge is 2.37. The van der Waals surface area contributed by atoms with E-state index in [4.69, 9.17) is 0 Å². The molecule has 0 aliphatic carbocycles. The van der Waals surface area contributed by atoms with Crippen molar-refractivity contribution in [1.82, 2.24) is 0 Å². The standard InChI is InChI=1S/C21H21NO4/c1-14(13-19(23)16-8-3-2-4-9-16)20(24)22-17-10-6-5-7-15(17)11-12-18(22)21(25)26/h2-10,14,18H,11-13H2,1H3,(H,25,26). The van der Waals surface area contributed by atoms with Crippen LogP contribution in [-0.4, -0.2) is 28.8 Å². The Bertz CT molecular complexity index is 831. The first-order chi connectivity index (χ1) is 12.5. The molecule has 2 unspecified atom stereocenters. The zero-order chi connectivity index (χ0) is 18.7. The van der Waals surface area contributed by atoms with Crippen LogP contribution in [0.4, 0.5) is 5.69 Å². The van der Waals surface area contributed by atoms with Gasteiger partial charge < -0.3 is 5.11 Å². The van der Waals surface area contributed by atoms with Crippen LogP contribution >= 0.6 is 0 Å². The van der Waals surface area contributed by atoms with Crippen LogP contribution in [0.2, 0.25) is 0 Å². The van der Waals surface area contributed by atoms with Crippen LogP contribution in [0.5, 0.6) is 0 Å². The van der Waals surface area contributed by atoms with Gasteiger partial charge in [0.25, 0.3) is 0 Å². The van der Waals surface area contributed by atoms with Crippen LogP contribution in [0.3, 0.4) is 0 Å². The number of rotatable bonds is 5. The van der Waals surface area contributed by atoms with E-state index in [1.165, 1.54) is 4.90 Å². The summed E-state index contributed by atoms with van der Waals surface area (Å²) in [7, 11) is 0. The molecule has 1 heterocycles. The Balaban J connectivity index is 1.84. The number of hydrogen-bond donors (Lipinski definition) is 1. The molecule has 0 radical (unpaired) electrons. The van der Waals surface area contributed by atoms with E-state index >= 15 is 0 Å². The van der Waals surface area contributed by atoms with Gasteiger partial charge in [0.05, 0.1) is 0 Å². The molecule has 5 nitrogen and oxygen atoms in total. The van der Waals surface area contributed by atoms with Crippen molar-refractivity contribution >= 4 is 23.3 Å². The fourth-order valence-electron chi connectivity index (χ4n) is 3.40. The van der Waals surface area contributed by atoms with Gasteiger partial charge in [-0.25, -0.2) is 4.79 Å². The Morgan fingerprint density at radius 2 is 1.73 bits per heavy atom. The SMILES string of the molecule is CC(CC(=O)c1ccccc1)C(=O)N1c2ccccc2CCC1C(=O)O. The van der Waals surface area contributed by atoms with Crippen molar-refractivity contribution in [1.29, 1.82) is 0 Å². The number of carbonyl (C=O) groups is 3. The molecule has 3 rings (SSSR count). The second-order valence-corrected chi connectivity index (χ2v) is 6.62. The molecule has 0 bridgehead atoms. The summed E-state index contributed by atoms with van der Waals surface area (Å²) in [6.45, 7) is 1.68. The van der Waals surface area contributed by atoms with E-state index in [1.807, 2.05) is 18.2 Å². The van der Waals surface area contributed by atoms with Crippen molar-refractivity contribution in [3.05, 3.63) is 65.7 Å². The van der Waals surface area contributed by atoms with E-state index < -0.39 is 17.9 Å². The minimum absolute atomic E-state index is 0.0495. The molecule has 1 N–H and O–H groups in total. The first-order valence-corrected chi connectivity index (χ1v) is 8.71. The van der Waals surface area contributed by atoms with Gasteiger partial charge in [-0.15, -0.1) is 0 Å². The number of para-hydroxylation sites is 1. The fourth-order valence-corrected chi connectivity index (χ4v) is 3.40. The van der Waals surface area contributed by atoms with Crippen molar-refractivity contribution in [3.8, 4) is 0 Å². The monoisotopic (exact) mass is 351 g/mol. The van der Waals surface area contributed by atoms with Gasteiger partial charge in [-0.3, -0.25) is 14.5 Å². The molecule has 2 aromatic rings. The number of fused-ring (bicyclic) bond motifs is 1. The smallest absolute Gasteiger partial charge is 0.326 e. The van der Waals surface area contributed by atoms with Crippen LogP contribution in [-0.2, 0) is 16.0 Å². The number of nitrogens with zero attached hydrogens (tertiary/aromatic N) is 1. The molecule has 0 saturated heterocycles. The minimum atomic E-state index is -1.02. The topological polar surface area (TPSA) is 74.7 Å². The molecule has 0 aromatic heterocycles. The second-order valence-electron chi connectivity index (χ2n) is 6.62. The van der Waals surface area contributed by atoms with Crippen molar-refractivity contribution in [2.75, 3.05) is 4.90 Å². The molecule has 1 aliphatic heterocycles. The second kappa shape index (κ2) is 7.52. The lowest BCUT2D eigenvalue weighted by Gasteiger charge is -2.36. The number of anilines is 1. The molecule has 0 saturated carbocycles. The number of aryl methyl sites for hydroxylation is 1. The third-order valence-electron chi connectivity index (χ3n) is 4.78. The number of ketones is 1. The Kier molecular flexibility index (Phi) is 5.16. The maximum Gasteiger partial charge on any atom is 0.326 e. The number of carboxylic acid groups (broad SMARTS) is 1. The summed E-state index contributed by atoms with van der Waals surface area (Å²) in [6, 6.07) is 15.3. The molecule has 26 heavy (non-hydrogen) atoms. The summed E-state index contributed by atoms with van der Waals surface area (Å²) in [5.74, 6) is -2.07. The predicted molar refractivity (Wildman–Crippen MR) is 98.2 cm³/mol. The largest absolute Gasteiger partial charge is 0.480 e. The van der Waals surface area contributed by atoms with E-state index in [-0.39, 0.29) is 18.1 Å². The fraction of sp³-hybridized carbons (Fsp3) is 0.286. The van der Waals surface area contributed by atoms with Gasteiger partial charge in [-0.2, -0.15) is 0 Å². The van der Waals surface area contributed by atoms with E-state index in [0.29, 0.717) is 24.1 Å². The third-order valence-corrected chi connectivity index (χ3v) is 4.78. The summed E-state index contributed by atoms with van der Waals surface area (Å²) < 4.78 is 0. The van der Waals surface area contributed by atoms with Gasteiger partial charge in [0.2, 0.25) is 5.91 Å². The van der Waals surface area contributed by atoms with Gasteiger partial charge in [0.1, 0.15) is 6.04 Å². The summed E-state index contributed by atoms with van der Waals surface area (Å²) in [5.41, 5.74) is 2.15. The predicted octanol–water partition coefficient (Wildman–Crippen LogP) is 3.33. The Hall–Kier alpha value is -2.95. The third kappa shape index (κ3) is 3.52. The van der Waals surface area contributed by atoms with Gasteiger partial charge in [-0.05, 0) is 24.5 Å². The van der Waals surface area contributed by atoms with Crippen LogP contribution < -0.4 is 4.90 Å². The first kappa shape index (κ1) is 17.9. The van der Waals surface area contributed by atoms with Crippen LogP contribution in [0.15, 0.2) is 54.6 Å². The summed E-state index contributed by atoms with van der Waals surface area (Å²) in [5, 5.41) is 9.56. The average Bonchev–Trinajstić information content (AvgIpc) is 2.66. The quantitative estimate of drug-likeness (QED) is 0.839. The molecule has 0 fully saturated rings. The van der Waals surface area contributed by atoms with Crippen molar-refractivity contribution < 1.29 is 19.5 Å². The highest BCUT2D eigenvalue weighted by atomic mass is 16.4. The summed E-state index contributed by atoms with van der Waals surface area (Å²) in [6.07, 6.45) is 1.04. The highest BCUT2D eigenvalue weighted by molar-refractivity contribution is 6.04. The van der Waals surface area contributed by atoms with Gasteiger partial charge in [0, 0.05) is 23.6 Å². The van der Waals surface area contributed by atoms with Crippen LogP contribution in [0.1, 0.15) is 35.7 Å². The maximum atomic E-state index is 13.1. The van der Waals surface area contributed by atoms with Gasteiger partial charge >= 0.3 is 5.97 Å². The Morgan fingerprint density at radius 1 is 1.08 bits per heavy atom. The molecule has 2 atom stereocenters. The average molecular weight is 351 g/mol. The lowest BCUT2D eigenvalue weighted by Crippen LogP contribution is -2.50. The minimum Gasteiger partial charge on any atom is -0.480 e. The Morgan fingerprint density at radius 3 is 2.42 bits per heavy atom. The van der Waals surface area contributed by atoms with Crippen molar-refractivity contribution in [2.24, 2.45) is 5.92 Å². The number of carbonyl (C=O) groups excluding carboxylic acids is 2. The summed E-state index contributed by atoms with van der Waals surface area (Å²) in [4.78, 5) is 38.5. The maximum absolute atomic E-state index is 13.1. The summed E-state index contributed by atoms with van der Waals surface area (Å²) >= 11 is 0. The highest BCUT2D eigenvalue weighted by Crippen LogP contribution is 2.32. The number of hydrogen-bond acceptors (Lipinski definition) is 3. The van der Waals surface area contributed by atoms with Gasteiger partial charge in [0.15, 0.2) is 5.78 Å². The van der Waals surface area contributed by atoms with Crippen LogP contribution in [0.25, 0.3) is 0 Å². The lowest BCUT2D eigenvalue weighted by atomic mass is 9.92. The van der Waals surface area contributed by atoms with Gasteiger partial charge in [-0.1, -0.05) is 55.5 Å². The Labute approximate surface area is 152 Å². The molecule has 2 aromatic carbocycles. The molecular formula is C21H21NO4. The molecule has 1 aliphatic rings. The molecule has 1 amide bonds. The normalized spacial score (nSPS) is 17.3. The van der Waals surface area contributed by atoms with E-state index in [1.54, 1.807) is 43.3 Å². The number of carboxylic acids is 1. The van der Waals surface area contributed by atoms with E-state index in [2.05, 4.69) is 0 Å². The first-order valence-electron chi connectivity index (χ1n) is 8.71. The van der Waals surface area contributed by atoms with Crippen LogP contribution in [0, 0.1) is 5.92 Å². The lowest BCUT2D eigenvalue weighted by molar-refractivity contribution is -0.140.